The molecule has 1 aliphatic rings. The maximum Gasteiger partial charge on any atom is 0.0465 e. The summed E-state index contributed by atoms with van der Waals surface area (Å²) in [5, 5.41) is 2.58. The smallest absolute Gasteiger partial charge is 0.0465 e. The Kier molecular flexibility index (Phi) is 3.75. The summed E-state index contributed by atoms with van der Waals surface area (Å²) in [5.74, 6) is 0. The highest BCUT2D eigenvalue weighted by atomic mass is 14.7. The van der Waals surface area contributed by atoms with Crippen LogP contribution in [-0.4, -0.2) is 4.98 Å². The summed E-state index contributed by atoms with van der Waals surface area (Å²) in [6.07, 6.45) is 6.92. The van der Waals surface area contributed by atoms with E-state index in [4.69, 9.17) is 0 Å². The van der Waals surface area contributed by atoms with Crippen molar-refractivity contribution in [3.63, 3.8) is 0 Å². The second-order valence-corrected chi connectivity index (χ2v) is 7.60. The number of nitrogens with one attached hydrogen (secondary N) is 1. The molecule has 0 amide bonds. The van der Waals surface area contributed by atoms with Crippen LogP contribution in [0.15, 0.2) is 78.4 Å². The minimum absolute atomic E-state index is 1.16. The third-order valence-corrected chi connectivity index (χ3v) is 5.80. The van der Waals surface area contributed by atoms with E-state index in [9.17, 15) is 0 Å². The van der Waals surface area contributed by atoms with Crippen LogP contribution in [0.3, 0.4) is 0 Å². The van der Waals surface area contributed by atoms with Crippen LogP contribution in [0, 0.1) is 6.92 Å². The molecule has 132 valence electrons. The van der Waals surface area contributed by atoms with Crippen molar-refractivity contribution in [3.8, 4) is 11.1 Å². The van der Waals surface area contributed by atoms with Crippen LogP contribution in [0.2, 0.25) is 0 Å². The van der Waals surface area contributed by atoms with Crippen molar-refractivity contribution in [3.05, 3.63) is 89.5 Å². The zero-order valence-electron chi connectivity index (χ0n) is 15.8. The lowest BCUT2D eigenvalue weighted by atomic mass is 9.89. The van der Waals surface area contributed by atoms with Crippen molar-refractivity contribution in [1.82, 2.24) is 4.98 Å². The zero-order chi connectivity index (χ0) is 18.4. The lowest BCUT2D eigenvalue weighted by Gasteiger charge is -2.16. The van der Waals surface area contributed by atoms with Crippen molar-refractivity contribution in [1.29, 1.82) is 0 Å². The van der Waals surface area contributed by atoms with Crippen LogP contribution >= 0.6 is 0 Å². The Morgan fingerprint density at radius 2 is 1.56 bits per heavy atom. The fourth-order valence-electron chi connectivity index (χ4n) is 4.22. The van der Waals surface area contributed by atoms with Crippen LogP contribution in [0.1, 0.15) is 30.9 Å². The van der Waals surface area contributed by atoms with Gasteiger partial charge in [0, 0.05) is 21.8 Å². The number of hydrogen-bond donors (Lipinski definition) is 1. The molecule has 1 aliphatic carbocycles. The summed E-state index contributed by atoms with van der Waals surface area (Å²) in [4.78, 5) is 3.52. The van der Waals surface area contributed by atoms with Gasteiger partial charge in [0.2, 0.25) is 0 Å². The highest BCUT2D eigenvalue weighted by Gasteiger charge is 2.12. The van der Waals surface area contributed by atoms with Gasteiger partial charge < -0.3 is 4.98 Å². The summed E-state index contributed by atoms with van der Waals surface area (Å²) < 4.78 is 0. The van der Waals surface area contributed by atoms with Gasteiger partial charge in [0.1, 0.15) is 0 Å². The minimum Gasteiger partial charge on any atom is -0.355 e. The zero-order valence-corrected chi connectivity index (χ0v) is 15.8. The van der Waals surface area contributed by atoms with Crippen LogP contribution in [0.5, 0.6) is 0 Å². The molecule has 4 aromatic rings. The van der Waals surface area contributed by atoms with Gasteiger partial charge >= 0.3 is 0 Å². The molecule has 0 atom stereocenters. The van der Waals surface area contributed by atoms with E-state index in [1.54, 1.807) is 0 Å². The number of allylic oxidation sites excluding steroid dienone is 4. The molecule has 5 rings (SSSR count). The largest absolute Gasteiger partial charge is 0.355 e. The lowest BCUT2D eigenvalue weighted by Crippen LogP contribution is -1.95. The van der Waals surface area contributed by atoms with Gasteiger partial charge in [-0.3, -0.25) is 0 Å². The number of aromatic amines is 1. The summed E-state index contributed by atoms with van der Waals surface area (Å²) >= 11 is 0. The Labute approximate surface area is 160 Å². The first-order valence-electron chi connectivity index (χ1n) is 9.69. The van der Waals surface area contributed by atoms with Gasteiger partial charge in [-0.05, 0) is 78.8 Å². The lowest BCUT2D eigenvalue weighted by molar-refractivity contribution is 0.967. The number of H-pyrrole nitrogens is 1. The highest BCUT2D eigenvalue weighted by Crippen LogP contribution is 2.34. The number of aromatic nitrogens is 1. The molecule has 1 aromatic heterocycles. The molecule has 27 heavy (non-hydrogen) atoms. The first-order valence-corrected chi connectivity index (χ1v) is 9.69. The molecular weight excluding hydrogens is 326 g/mol. The molecule has 0 aliphatic heterocycles. The van der Waals surface area contributed by atoms with E-state index in [-0.39, 0.29) is 0 Å². The average Bonchev–Trinajstić information content (AvgIpc) is 3.07. The second-order valence-electron chi connectivity index (χ2n) is 7.60. The molecular formula is C26H23N. The van der Waals surface area contributed by atoms with Gasteiger partial charge in [-0.1, -0.05) is 54.1 Å². The highest BCUT2D eigenvalue weighted by molar-refractivity contribution is 6.08. The molecule has 0 unspecified atom stereocenters. The Balaban J connectivity index is 1.67. The van der Waals surface area contributed by atoms with E-state index in [1.165, 1.54) is 55.2 Å². The summed E-state index contributed by atoms with van der Waals surface area (Å²) in [6.45, 7) is 4.48. The molecule has 1 heterocycles. The Bertz CT molecular complexity index is 1230. The molecule has 0 fully saturated rings. The van der Waals surface area contributed by atoms with E-state index in [0.29, 0.717) is 0 Å². The fourth-order valence-corrected chi connectivity index (χ4v) is 4.22. The van der Waals surface area contributed by atoms with Gasteiger partial charge in [-0.15, -0.1) is 0 Å². The molecule has 0 saturated heterocycles. The predicted octanol–water partition coefficient (Wildman–Crippen LogP) is 7.42. The van der Waals surface area contributed by atoms with Gasteiger partial charge in [0.15, 0.2) is 0 Å². The number of para-hydroxylation sites is 1. The van der Waals surface area contributed by atoms with Crippen LogP contribution in [0.25, 0.3) is 38.5 Å². The van der Waals surface area contributed by atoms with Crippen LogP contribution in [0.4, 0.5) is 0 Å². The van der Waals surface area contributed by atoms with Crippen molar-refractivity contribution in [2.75, 3.05) is 0 Å². The first kappa shape index (κ1) is 16.1. The number of rotatable bonds is 2. The molecule has 0 bridgehead atoms. The SMILES string of the molecule is CC1=C(c2cc(-c3ccc4[nH]c5ccccc5c4c3)ccc2C)C=CCC1. The van der Waals surface area contributed by atoms with Gasteiger partial charge in [0.25, 0.3) is 0 Å². The van der Waals surface area contributed by atoms with E-state index in [2.05, 4.69) is 91.6 Å². The second kappa shape index (κ2) is 6.28. The van der Waals surface area contributed by atoms with Crippen molar-refractivity contribution >= 4 is 27.4 Å². The Hall–Kier alpha value is -3.06. The first-order chi connectivity index (χ1) is 13.2. The summed E-state index contributed by atoms with van der Waals surface area (Å²) in [7, 11) is 0. The standard InChI is InChI=1S/C26H23N/c1-17-7-3-4-8-21(17)23-15-19(12-11-18(23)2)20-13-14-26-24(16-20)22-9-5-6-10-25(22)27-26/h4-6,8-16,27H,3,7H2,1-2H3. The number of aryl methyl sites for hydroxylation is 1. The third-order valence-electron chi connectivity index (χ3n) is 5.80. The van der Waals surface area contributed by atoms with Gasteiger partial charge in [0.05, 0.1) is 0 Å². The summed E-state index contributed by atoms with van der Waals surface area (Å²) in [6, 6.07) is 22.1. The minimum atomic E-state index is 1.16. The summed E-state index contributed by atoms with van der Waals surface area (Å²) in [5.41, 5.74) is 10.5. The molecule has 1 nitrogen and oxygen atoms in total. The molecule has 1 heteroatoms. The van der Waals surface area contributed by atoms with Gasteiger partial charge in [-0.25, -0.2) is 0 Å². The quantitative estimate of drug-likeness (QED) is 0.387. The average molecular weight is 349 g/mol. The molecule has 1 N–H and O–H groups in total. The molecule has 3 aromatic carbocycles. The van der Waals surface area contributed by atoms with Crippen LogP contribution in [-0.2, 0) is 0 Å². The topological polar surface area (TPSA) is 15.8 Å². The number of fused-ring (bicyclic) bond motifs is 3. The Morgan fingerprint density at radius 1 is 0.778 bits per heavy atom. The number of hydrogen-bond acceptors (Lipinski definition) is 0. The van der Waals surface area contributed by atoms with Crippen molar-refractivity contribution < 1.29 is 0 Å². The normalized spacial score (nSPS) is 14.4. The van der Waals surface area contributed by atoms with E-state index < -0.39 is 0 Å². The van der Waals surface area contributed by atoms with E-state index >= 15 is 0 Å². The van der Waals surface area contributed by atoms with E-state index in [0.717, 1.165) is 12.8 Å². The van der Waals surface area contributed by atoms with Gasteiger partial charge in [-0.2, -0.15) is 0 Å². The molecule has 0 radical (unpaired) electrons. The van der Waals surface area contributed by atoms with E-state index in [1.807, 2.05) is 0 Å². The monoisotopic (exact) mass is 349 g/mol. The number of benzene rings is 3. The predicted molar refractivity (Wildman–Crippen MR) is 117 cm³/mol. The maximum absolute atomic E-state index is 3.52. The molecule has 0 saturated carbocycles. The van der Waals surface area contributed by atoms with Crippen molar-refractivity contribution in [2.45, 2.75) is 26.7 Å². The fraction of sp³-hybridized carbons (Fsp3) is 0.154. The maximum atomic E-state index is 3.52. The Morgan fingerprint density at radius 3 is 2.44 bits per heavy atom. The third kappa shape index (κ3) is 2.71. The molecule has 0 spiro atoms. The van der Waals surface area contributed by atoms with Crippen molar-refractivity contribution in [2.24, 2.45) is 0 Å². The van der Waals surface area contributed by atoms with Crippen LogP contribution < -0.4 is 0 Å².